The topological polar surface area (TPSA) is 149 Å². The number of benzene rings is 1. The van der Waals surface area contributed by atoms with Gasteiger partial charge in [-0.3, -0.25) is 9.59 Å². The summed E-state index contributed by atoms with van der Waals surface area (Å²) in [4.78, 5) is 45.8. The van der Waals surface area contributed by atoms with Gasteiger partial charge in [-0.1, -0.05) is 24.3 Å². The molecule has 0 saturated heterocycles. The fraction of sp³-hybridized carbons (Fsp3) is 0.125. The summed E-state index contributed by atoms with van der Waals surface area (Å²) < 4.78 is 0. The van der Waals surface area contributed by atoms with Gasteiger partial charge in [0.1, 0.15) is 0 Å². The number of carboxylic acids is 4. The van der Waals surface area contributed by atoms with E-state index in [1.54, 1.807) is 0 Å². The van der Waals surface area contributed by atoms with Crippen molar-refractivity contribution in [3.8, 4) is 0 Å². The highest BCUT2D eigenvalue weighted by molar-refractivity contribution is 6.12. The summed E-state index contributed by atoms with van der Waals surface area (Å²) >= 11 is 0. The molecule has 0 heterocycles. The lowest BCUT2D eigenvalue weighted by Crippen LogP contribution is -2.44. The molecule has 0 aromatic heterocycles. The lowest BCUT2D eigenvalue weighted by Gasteiger charge is -2.29. The normalized spacial score (nSPS) is 15.8. The van der Waals surface area contributed by atoms with Crippen molar-refractivity contribution in [3.05, 3.63) is 53.1 Å². The van der Waals surface area contributed by atoms with Gasteiger partial charge in [0.05, 0.1) is 11.1 Å². The van der Waals surface area contributed by atoms with E-state index in [0.717, 1.165) is 6.08 Å². The van der Waals surface area contributed by atoms with Crippen LogP contribution >= 0.6 is 0 Å². The second-order valence-corrected chi connectivity index (χ2v) is 5.12. The lowest BCUT2D eigenvalue weighted by molar-refractivity contribution is -0.163. The second kappa shape index (κ2) is 5.99. The van der Waals surface area contributed by atoms with Gasteiger partial charge < -0.3 is 20.4 Å². The fourth-order valence-electron chi connectivity index (χ4n) is 2.63. The van der Waals surface area contributed by atoms with E-state index >= 15 is 0 Å². The molecule has 0 amide bonds. The summed E-state index contributed by atoms with van der Waals surface area (Å²) in [5, 5.41) is 37.2. The molecule has 0 saturated carbocycles. The molecule has 0 aliphatic heterocycles. The third-order valence-corrected chi connectivity index (χ3v) is 3.83. The standard InChI is InChI=1S/C16H12O8/c17-12(18)10-4-2-1-3-9(10)8-5-6-11(13(19)20)16(7-8,14(21)22)15(23)24/h1-6H,7H2,(H,17,18)(H,19,20)(H,21,22)(H,23,24). The summed E-state index contributed by atoms with van der Waals surface area (Å²) in [6.45, 7) is 0. The minimum absolute atomic E-state index is 0.114. The largest absolute Gasteiger partial charge is 0.480 e. The smallest absolute Gasteiger partial charge is 0.336 e. The third kappa shape index (κ3) is 2.54. The van der Waals surface area contributed by atoms with Crippen molar-refractivity contribution >= 4 is 29.5 Å². The molecule has 1 aliphatic carbocycles. The van der Waals surface area contributed by atoms with Crippen molar-refractivity contribution < 1.29 is 39.6 Å². The van der Waals surface area contributed by atoms with Crippen LogP contribution in [0, 0.1) is 5.41 Å². The van der Waals surface area contributed by atoms with Crippen LogP contribution in [-0.4, -0.2) is 44.3 Å². The minimum atomic E-state index is -2.69. The van der Waals surface area contributed by atoms with E-state index in [4.69, 9.17) is 5.11 Å². The number of allylic oxidation sites excluding steroid dienone is 3. The quantitative estimate of drug-likeness (QED) is 0.590. The van der Waals surface area contributed by atoms with Crippen molar-refractivity contribution in [2.75, 3.05) is 0 Å². The monoisotopic (exact) mass is 332 g/mol. The molecule has 0 atom stereocenters. The van der Waals surface area contributed by atoms with E-state index in [9.17, 15) is 34.5 Å². The Labute approximate surface area is 135 Å². The first-order valence-electron chi connectivity index (χ1n) is 6.66. The first-order valence-corrected chi connectivity index (χ1v) is 6.66. The van der Waals surface area contributed by atoms with Crippen molar-refractivity contribution in [2.45, 2.75) is 6.42 Å². The first-order chi connectivity index (χ1) is 11.2. The van der Waals surface area contributed by atoms with Crippen LogP contribution in [-0.2, 0) is 14.4 Å². The molecule has 2 rings (SSSR count). The van der Waals surface area contributed by atoms with Crippen molar-refractivity contribution in [1.29, 1.82) is 0 Å². The van der Waals surface area contributed by atoms with Crippen LogP contribution in [0.15, 0.2) is 42.0 Å². The number of aliphatic carboxylic acids is 3. The highest BCUT2D eigenvalue weighted by Crippen LogP contribution is 2.42. The number of carboxylic acid groups (broad SMARTS) is 4. The molecule has 24 heavy (non-hydrogen) atoms. The van der Waals surface area contributed by atoms with Gasteiger partial charge in [0.15, 0.2) is 0 Å². The van der Waals surface area contributed by atoms with Crippen LogP contribution < -0.4 is 0 Å². The molecule has 1 aromatic rings. The van der Waals surface area contributed by atoms with Gasteiger partial charge in [-0.25, -0.2) is 9.59 Å². The maximum Gasteiger partial charge on any atom is 0.336 e. The molecule has 8 heteroatoms. The summed E-state index contributed by atoms with van der Waals surface area (Å²) in [5.41, 5.74) is -3.37. The predicted molar refractivity (Wildman–Crippen MR) is 79.4 cm³/mol. The lowest BCUT2D eigenvalue weighted by atomic mass is 9.70. The molecule has 0 spiro atoms. The van der Waals surface area contributed by atoms with Crippen LogP contribution in [0.3, 0.4) is 0 Å². The maximum absolute atomic E-state index is 11.6. The molecule has 1 aliphatic rings. The highest BCUT2D eigenvalue weighted by Gasteiger charge is 2.54. The molecule has 124 valence electrons. The molecule has 0 fully saturated rings. The van der Waals surface area contributed by atoms with Gasteiger partial charge in [0, 0.05) is 6.42 Å². The molecular weight excluding hydrogens is 320 g/mol. The van der Waals surface area contributed by atoms with Crippen molar-refractivity contribution in [2.24, 2.45) is 5.41 Å². The Morgan fingerprint density at radius 2 is 1.42 bits per heavy atom. The average molecular weight is 332 g/mol. The summed E-state index contributed by atoms with van der Waals surface area (Å²) in [7, 11) is 0. The van der Waals surface area contributed by atoms with Gasteiger partial charge in [-0.05, 0) is 23.3 Å². The van der Waals surface area contributed by atoms with Gasteiger partial charge >= 0.3 is 23.9 Å². The van der Waals surface area contributed by atoms with Gasteiger partial charge in [-0.2, -0.15) is 0 Å². The van der Waals surface area contributed by atoms with Crippen LogP contribution in [0.25, 0.3) is 5.57 Å². The third-order valence-electron chi connectivity index (χ3n) is 3.83. The highest BCUT2D eigenvalue weighted by atomic mass is 16.4. The van der Waals surface area contributed by atoms with E-state index in [0.29, 0.717) is 0 Å². The Kier molecular flexibility index (Phi) is 4.23. The minimum Gasteiger partial charge on any atom is -0.480 e. The van der Waals surface area contributed by atoms with E-state index in [2.05, 4.69) is 0 Å². The zero-order valence-electron chi connectivity index (χ0n) is 12.1. The van der Waals surface area contributed by atoms with Crippen molar-refractivity contribution in [3.63, 3.8) is 0 Å². The van der Waals surface area contributed by atoms with E-state index in [1.165, 1.54) is 30.3 Å². The summed E-state index contributed by atoms with van der Waals surface area (Å²) in [5.74, 6) is -6.60. The van der Waals surface area contributed by atoms with E-state index in [1.807, 2.05) is 0 Å². The Balaban J connectivity index is 2.69. The molecule has 1 aromatic carbocycles. The molecule has 0 unspecified atom stereocenters. The molecule has 0 bridgehead atoms. The average Bonchev–Trinajstić information content (AvgIpc) is 2.53. The second-order valence-electron chi connectivity index (χ2n) is 5.12. The predicted octanol–water partition coefficient (Wildman–Crippen LogP) is 1.34. The van der Waals surface area contributed by atoms with E-state index in [-0.39, 0.29) is 16.7 Å². The molecule has 0 radical (unpaired) electrons. The Hall–Kier alpha value is -3.42. The number of aromatic carboxylic acids is 1. The maximum atomic E-state index is 11.6. The Morgan fingerprint density at radius 3 is 1.92 bits per heavy atom. The van der Waals surface area contributed by atoms with E-state index < -0.39 is 41.3 Å². The zero-order chi connectivity index (χ0) is 18.1. The van der Waals surface area contributed by atoms with Gasteiger partial charge in [-0.15, -0.1) is 0 Å². The molecular formula is C16H12O8. The number of hydrogen-bond donors (Lipinski definition) is 4. The SMILES string of the molecule is O=C(O)C1=CC=C(c2ccccc2C(=O)O)CC1(C(=O)O)C(=O)O. The Morgan fingerprint density at radius 1 is 0.833 bits per heavy atom. The number of hydrogen-bond acceptors (Lipinski definition) is 4. The van der Waals surface area contributed by atoms with Crippen LogP contribution in [0.4, 0.5) is 0 Å². The fourth-order valence-corrected chi connectivity index (χ4v) is 2.63. The summed E-state index contributed by atoms with van der Waals surface area (Å²) in [6.07, 6.45) is 1.44. The number of carbonyl (C=O) groups is 4. The molecule has 8 nitrogen and oxygen atoms in total. The zero-order valence-corrected chi connectivity index (χ0v) is 12.1. The van der Waals surface area contributed by atoms with Crippen molar-refractivity contribution in [1.82, 2.24) is 0 Å². The van der Waals surface area contributed by atoms with Crippen LogP contribution in [0.1, 0.15) is 22.3 Å². The van der Waals surface area contributed by atoms with Crippen LogP contribution in [0.5, 0.6) is 0 Å². The van der Waals surface area contributed by atoms with Gasteiger partial charge in [0.2, 0.25) is 5.41 Å². The molecule has 4 N–H and O–H groups in total. The van der Waals surface area contributed by atoms with Gasteiger partial charge in [0.25, 0.3) is 0 Å². The first kappa shape index (κ1) is 16.9. The number of rotatable bonds is 5. The van der Waals surface area contributed by atoms with Crippen LogP contribution in [0.2, 0.25) is 0 Å². The Bertz CT molecular complexity index is 801. The summed E-state index contributed by atoms with van der Waals surface area (Å²) in [6, 6.07) is 5.68.